The highest BCUT2D eigenvalue weighted by Crippen LogP contribution is 2.24. The molecule has 5 heteroatoms. The van der Waals surface area contributed by atoms with Crippen LogP contribution in [0.25, 0.3) is 0 Å². The first-order chi connectivity index (χ1) is 7.72. The molecule has 86 valence electrons. The van der Waals surface area contributed by atoms with Crippen molar-refractivity contribution in [2.24, 2.45) is 0 Å². The summed E-state index contributed by atoms with van der Waals surface area (Å²) in [6.45, 7) is 1.12. The van der Waals surface area contributed by atoms with Crippen LogP contribution in [0.5, 0.6) is 0 Å². The van der Waals surface area contributed by atoms with Crippen molar-refractivity contribution in [2.75, 3.05) is 25.1 Å². The SMILES string of the molecule is CNCC1COC(=O)N1c1ccc(Cl)cc1. The fraction of sp³-hybridized carbons (Fsp3) is 0.364. The second kappa shape index (κ2) is 4.72. The predicted molar refractivity (Wildman–Crippen MR) is 63.0 cm³/mol. The van der Waals surface area contributed by atoms with Crippen LogP contribution in [0.2, 0.25) is 5.02 Å². The molecule has 1 heterocycles. The van der Waals surface area contributed by atoms with Gasteiger partial charge in [0.15, 0.2) is 0 Å². The van der Waals surface area contributed by atoms with E-state index in [1.54, 1.807) is 17.0 Å². The zero-order valence-electron chi connectivity index (χ0n) is 8.94. The molecular weight excluding hydrogens is 228 g/mol. The fourth-order valence-electron chi connectivity index (χ4n) is 1.76. The highest BCUT2D eigenvalue weighted by Gasteiger charge is 2.33. The molecule has 1 unspecified atom stereocenters. The van der Waals surface area contributed by atoms with Crippen LogP contribution < -0.4 is 10.2 Å². The largest absolute Gasteiger partial charge is 0.447 e. The molecule has 2 rings (SSSR count). The Labute approximate surface area is 99.1 Å². The van der Waals surface area contributed by atoms with Gasteiger partial charge in [-0.25, -0.2) is 4.79 Å². The van der Waals surface area contributed by atoms with Crippen LogP contribution >= 0.6 is 11.6 Å². The Hall–Kier alpha value is -1.26. The predicted octanol–water partition coefficient (Wildman–Crippen LogP) is 1.88. The number of hydrogen-bond acceptors (Lipinski definition) is 3. The van der Waals surface area contributed by atoms with Crippen molar-refractivity contribution in [3.05, 3.63) is 29.3 Å². The Bertz CT molecular complexity index is 380. The molecule has 0 bridgehead atoms. The Kier molecular flexibility index (Phi) is 3.31. The van der Waals surface area contributed by atoms with Gasteiger partial charge in [0.1, 0.15) is 6.61 Å². The molecule has 1 N–H and O–H groups in total. The summed E-state index contributed by atoms with van der Waals surface area (Å²) in [5.41, 5.74) is 0.812. The van der Waals surface area contributed by atoms with Crippen molar-refractivity contribution >= 4 is 23.4 Å². The number of hydrogen-bond donors (Lipinski definition) is 1. The van der Waals surface area contributed by atoms with E-state index < -0.39 is 0 Å². The number of halogens is 1. The summed E-state index contributed by atoms with van der Waals surface area (Å²) < 4.78 is 5.03. The van der Waals surface area contributed by atoms with Crippen molar-refractivity contribution in [1.29, 1.82) is 0 Å². The van der Waals surface area contributed by atoms with Gasteiger partial charge in [0.05, 0.1) is 6.04 Å². The van der Waals surface area contributed by atoms with Crippen LogP contribution in [0.4, 0.5) is 10.5 Å². The first-order valence-corrected chi connectivity index (χ1v) is 5.46. The van der Waals surface area contributed by atoms with Crippen LogP contribution in [0, 0.1) is 0 Å². The number of nitrogens with zero attached hydrogens (tertiary/aromatic N) is 1. The summed E-state index contributed by atoms with van der Waals surface area (Å²) in [4.78, 5) is 13.2. The minimum Gasteiger partial charge on any atom is -0.447 e. The van der Waals surface area contributed by atoms with E-state index in [1.165, 1.54) is 0 Å². The number of carbonyl (C=O) groups is 1. The van der Waals surface area contributed by atoms with E-state index in [2.05, 4.69) is 5.32 Å². The lowest BCUT2D eigenvalue weighted by Gasteiger charge is -2.21. The zero-order chi connectivity index (χ0) is 11.5. The molecule has 1 saturated heterocycles. The second-order valence-electron chi connectivity index (χ2n) is 3.63. The number of cyclic esters (lactones) is 1. The van der Waals surface area contributed by atoms with Crippen LogP contribution in [-0.4, -0.2) is 32.3 Å². The number of rotatable bonds is 3. The number of carbonyl (C=O) groups excluding carboxylic acids is 1. The average molecular weight is 241 g/mol. The zero-order valence-corrected chi connectivity index (χ0v) is 9.70. The van der Waals surface area contributed by atoms with Crippen LogP contribution in [0.1, 0.15) is 0 Å². The Morgan fingerprint density at radius 1 is 1.50 bits per heavy atom. The minimum absolute atomic E-state index is 0.0404. The van der Waals surface area contributed by atoms with Gasteiger partial charge in [-0.1, -0.05) is 11.6 Å². The summed E-state index contributed by atoms with van der Waals surface area (Å²) in [6, 6.07) is 7.20. The van der Waals surface area contributed by atoms with Crippen LogP contribution in [-0.2, 0) is 4.74 Å². The van der Waals surface area contributed by atoms with E-state index in [9.17, 15) is 4.79 Å². The Balaban J connectivity index is 2.22. The average Bonchev–Trinajstić information content (AvgIpc) is 2.62. The maximum atomic E-state index is 11.6. The van der Waals surface area contributed by atoms with Gasteiger partial charge in [0.2, 0.25) is 0 Å². The number of anilines is 1. The highest BCUT2D eigenvalue weighted by molar-refractivity contribution is 6.30. The molecule has 1 aromatic carbocycles. The molecule has 0 aliphatic carbocycles. The molecule has 1 aromatic rings. The number of likely N-dealkylation sites (N-methyl/N-ethyl adjacent to an activating group) is 1. The van der Waals surface area contributed by atoms with Gasteiger partial charge in [-0.3, -0.25) is 4.90 Å². The molecule has 1 amide bonds. The third-order valence-corrected chi connectivity index (χ3v) is 2.76. The van der Waals surface area contributed by atoms with E-state index in [0.717, 1.165) is 5.69 Å². The lowest BCUT2D eigenvalue weighted by molar-refractivity contribution is 0.178. The first kappa shape index (κ1) is 11.2. The van der Waals surface area contributed by atoms with E-state index >= 15 is 0 Å². The summed E-state index contributed by atoms with van der Waals surface area (Å²) in [7, 11) is 1.85. The van der Waals surface area contributed by atoms with Gasteiger partial charge in [-0.05, 0) is 31.3 Å². The lowest BCUT2D eigenvalue weighted by Crippen LogP contribution is -2.40. The molecule has 1 atom stereocenters. The molecule has 0 saturated carbocycles. The second-order valence-corrected chi connectivity index (χ2v) is 4.07. The molecule has 16 heavy (non-hydrogen) atoms. The molecule has 1 aliphatic heterocycles. The molecular formula is C11H13ClN2O2. The van der Waals surface area contributed by atoms with Gasteiger partial charge in [-0.15, -0.1) is 0 Å². The van der Waals surface area contributed by atoms with Crippen molar-refractivity contribution in [2.45, 2.75) is 6.04 Å². The maximum absolute atomic E-state index is 11.6. The van der Waals surface area contributed by atoms with Gasteiger partial charge < -0.3 is 10.1 Å². The number of amides is 1. The maximum Gasteiger partial charge on any atom is 0.414 e. The standard InChI is InChI=1S/C11H13ClN2O2/c1-13-6-10-7-16-11(15)14(10)9-4-2-8(12)3-5-9/h2-5,10,13H,6-7H2,1H3. The molecule has 4 nitrogen and oxygen atoms in total. The smallest absolute Gasteiger partial charge is 0.414 e. The number of benzene rings is 1. The van der Waals surface area contributed by atoms with Gasteiger partial charge in [0, 0.05) is 17.3 Å². The van der Waals surface area contributed by atoms with Crippen LogP contribution in [0.3, 0.4) is 0 Å². The summed E-state index contributed by atoms with van der Waals surface area (Å²) >= 11 is 5.81. The van der Waals surface area contributed by atoms with E-state index in [0.29, 0.717) is 18.2 Å². The molecule has 0 spiro atoms. The van der Waals surface area contributed by atoms with Gasteiger partial charge >= 0.3 is 6.09 Å². The Morgan fingerprint density at radius 2 is 2.19 bits per heavy atom. The minimum atomic E-state index is -0.303. The topological polar surface area (TPSA) is 41.6 Å². The van der Waals surface area contributed by atoms with Crippen molar-refractivity contribution in [1.82, 2.24) is 5.32 Å². The first-order valence-electron chi connectivity index (χ1n) is 5.08. The van der Waals surface area contributed by atoms with Crippen molar-refractivity contribution < 1.29 is 9.53 Å². The molecule has 0 radical (unpaired) electrons. The van der Waals surface area contributed by atoms with Gasteiger partial charge in [-0.2, -0.15) is 0 Å². The molecule has 1 fully saturated rings. The van der Waals surface area contributed by atoms with E-state index in [1.807, 2.05) is 19.2 Å². The van der Waals surface area contributed by atoms with Gasteiger partial charge in [0.25, 0.3) is 0 Å². The monoisotopic (exact) mass is 240 g/mol. The summed E-state index contributed by atoms with van der Waals surface area (Å²) in [5.74, 6) is 0. The third-order valence-electron chi connectivity index (χ3n) is 2.51. The Morgan fingerprint density at radius 3 is 2.81 bits per heavy atom. The molecule has 0 aromatic heterocycles. The van der Waals surface area contributed by atoms with Crippen molar-refractivity contribution in [3.8, 4) is 0 Å². The normalized spacial score (nSPS) is 20.0. The summed E-state index contributed by atoms with van der Waals surface area (Å²) in [6.07, 6.45) is -0.303. The van der Waals surface area contributed by atoms with E-state index in [-0.39, 0.29) is 12.1 Å². The highest BCUT2D eigenvalue weighted by atomic mass is 35.5. The molecule has 1 aliphatic rings. The number of ether oxygens (including phenoxy) is 1. The fourth-order valence-corrected chi connectivity index (χ4v) is 1.89. The third kappa shape index (κ3) is 2.13. The summed E-state index contributed by atoms with van der Waals surface area (Å²) in [5, 5.41) is 3.70. The quantitative estimate of drug-likeness (QED) is 0.877. The van der Waals surface area contributed by atoms with Crippen LogP contribution in [0.15, 0.2) is 24.3 Å². The number of nitrogens with one attached hydrogen (secondary N) is 1. The van der Waals surface area contributed by atoms with E-state index in [4.69, 9.17) is 16.3 Å². The van der Waals surface area contributed by atoms with Crippen molar-refractivity contribution in [3.63, 3.8) is 0 Å². The lowest BCUT2D eigenvalue weighted by atomic mass is 10.2.